The van der Waals surface area contributed by atoms with Crippen molar-refractivity contribution in [2.45, 2.75) is 12.8 Å². The van der Waals surface area contributed by atoms with Crippen LogP contribution in [0.5, 0.6) is 0 Å². The van der Waals surface area contributed by atoms with Crippen LogP contribution < -0.4 is 0 Å². The molecule has 0 aliphatic rings. The SMILES string of the molecule is CC(C(=O)O)c1ccc2cc(Br)oc2c1. The smallest absolute Gasteiger partial charge is 0.310 e. The second-order valence-corrected chi connectivity index (χ2v) is 4.19. The van der Waals surface area contributed by atoms with E-state index in [0.717, 1.165) is 10.9 Å². The van der Waals surface area contributed by atoms with Crippen LogP contribution in [-0.2, 0) is 4.79 Å². The van der Waals surface area contributed by atoms with Crippen LogP contribution in [0.1, 0.15) is 18.4 Å². The molecule has 0 amide bonds. The zero-order valence-electron chi connectivity index (χ0n) is 8.03. The zero-order valence-corrected chi connectivity index (χ0v) is 9.61. The fraction of sp³-hybridized carbons (Fsp3) is 0.182. The highest BCUT2D eigenvalue weighted by molar-refractivity contribution is 9.10. The minimum Gasteiger partial charge on any atom is -0.481 e. The van der Waals surface area contributed by atoms with Crippen LogP contribution >= 0.6 is 15.9 Å². The molecule has 78 valence electrons. The Morgan fingerprint density at radius 1 is 1.47 bits per heavy atom. The third-order valence-electron chi connectivity index (χ3n) is 2.38. The van der Waals surface area contributed by atoms with Gasteiger partial charge < -0.3 is 9.52 Å². The molecule has 3 nitrogen and oxygen atoms in total. The molecule has 1 aromatic heterocycles. The fourth-order valence-electron chi connectivity index (χ4n) is 1.43. The summed E-state index contributed by atoms with van der Waals surface area (Å²) in [7, 11) is 0. The van der Waals surface area contributed by atoms with Gasteiger partial charge in [0.15, 0.2) is 4.67 Å². The Labute approximate surface area is 94.8 Å². The maximum atomic E-state index is 10.8. The molecule has 0 aliphatic heterocycles. The molecule has 0 aliphatic carbocycles. The van der Waals surface area contributed by atoms with E-state index in [1.54, 1.807) is 13.0 Å². The first-order valence-electron chi connectivity index (χ1n) is 4.50. The monoisotopic (exact) mass is 268 g/mol. The minimum absolute atomic E-state index is 0.515. The molecular weight excluding hydrogens is 260 g/mol. The summed E-state index contributed by atoms with van der Waals surface area (Å²) in [6, 6.07) is 7.28. The third-order valence-corrected chi connectivity index (χ3v) is 2.78. The lowest BCUT2D eigenvalue weighted by Gasteiger charge is -2.05. The van der Waals surface area contributed by atoms with Crippen molar-refractivity contribution in [3.05, 3.63) is 34.5 Å². The van der Waals surface area contributed by atoms with Crippen LogP contribution in [-0.4, -0.2) is 11.1 Å². The first kappa shape index (κ1) is 10.2. The number of carboxylic acids is 1. The van der Waals surface area contributed by atoms with E-state index in [9.17, 15) is 4.79 Å². The van der Waals surface area contributed by atoms with Crippen LogP contribution in [0.15, 0.2) is 33.4 Å². The third kappa shape index (κ3) is 1.90. The maximum Gasteiger partial charge on any atom is 0.310 e. The molecule has 15 heavy (non-hydrogen) atoms. The molecule has 4 heteroatoms. The molecule has 1 aromatic carbocycles. The molecule has 0 bridgehead atoms. The first-order chi connectivity index (χ1) is 7.08. The van der Waals surface area contributed by atoms with Gasteiger partial charge in [-0.2, -0.15) is 0 Å². The molecule has 0 spiro atoms. The summed E-state index contributed by atoms with van der Waals surface area (Å²) in [4.78, 5) is 10.8. The van der Waals surface area contributed by atoms with E-state index in [4.69, 9.17) is 9.52 Å². The number of carboxylic acid groups (broad SMARTS) is 1. The minimum atomic E-state index is -0.833. The quantitative estimate of drug-likeness (QED) is 0.909. The predicted octanol–water partition coefficient (Wildman–Crippen LogP) is 3.38. The van der Waals surface area contributed by atoms with Gasteiger partial charge in [-0.05, 0) is 40.5 Å². The Kier molecular flexibility index (Phi) is 2.52. The molecule has 0 fully saturated rings. The van der Waals surface area contributed by atoms with Gasteiger partial charge in [-0.3, -0.25) is 4.79 Å². The Morgan fingerprint density at radius 3 is 2.87 bits per heavy atom. The van der Waals surface area contributed by atoms with E-state index in [-0.39, 0.29) is 0 Å². The molecule has 2 aromatic rings. The van der Waals surface area contributed by atoms with Crippen molar-refractivity contribution in [3.8, 4) is 0 Å². The lowest BCUT2D eigenvalue weighted by Crippen LogP contribution is -2.06. The molecule has 1 unspecified atom stereocenters. The Balaban J connectivity index is 2.50. The Bertz CT molecular complexity index is 516. The zero-order chi connectivity index (χ0) is 11.0. The van der Waals surface area contributed by atoms with Crippen LogP contribution in [0.3, 0.4) is 0 Å². The van der Waals surface area contributed by atoms with E-state index in [0.29, 0.717) is 10.3 Å². The average molecular weight is 269 g/mol. The number of hydrogen-bond donors (Lipinski definition) is 1. The van der Waals surface area contributed by atoms with Gasteiger partial charge in [0.05, 0.1) is 5.92 Å². The van der Waals surface area contributed by atoms with Crippen molar-refractivity contribution >= 4 is 32.9 Å². The van der Waals surface area contributed by atoms with E-state index < -0.39 is 11.9 Å². The van der Waals surface area contributed by atoms with Crippen molar-refractivity contribution in [2.75, 3.05) is 0 Å². The van der Waals surface area contributed by atoms with Crippen molar-refractivity contribution in [1.29, 1.82) is 0 Å². The van der Waals surface area contributed by atoms with Gasteiger partial charge >= 0.3 is 5.97 Å². The van der Waals surface area contributed by atoms with E-state index in [1.807, 2.05) is 18.2 Å². The van der Waals surface area contributed by atoms with Crippen LogP contribution in [0.4, 0.5) is 0 Å². The van der Waals surface area contributed by atoms with Gasteiger partial charge in [0.1, 0.15) is 5.58 Å². The number of halogens is 1. The topological polar surface area (TPSA) is 50.4 Å². The summed E-state index contributed by atoms with van der Waals surface area (Å²) in [6.45, 7) is 1.65. The van der Waals surface area contributed by atoms with E-state index >= 15 is 0 Å². The van der Waals surface area contributed by atoms with Crippen molar-refractivity contribution in [1.82, 2.24) is 0 Å². The Hall–Kier alpha value is -1.29. The molecule has 1 N–H and O–H groups in total. The lowest BCUT2D eigenvalue weighted by molar-refractivity contribution is -0.138. The molecule has 0 saturated heterocycles. The molecule has 0 radical (unpaired) electrons. The summed E-state index contributed by atoms with van der Waals surface area (Å²) in [6.07, 6.45) is 0. The van der Waals surface area contributed by atoms with Gasteiger partial charge in [0, 0.05) is 5.39 Å². The summed E-state index contributed by atoms with van der Waals surface area (Å²) in [5.74, 6) is -1.35. The van der Waals surface area contributed by atoms with Gasteiger partial charge in [0.25, 0.3) is 0 Å². The summed E-state index contributed by atoms with van der Waals surface area (Å²) in [5.41, 5.74) is 1.45. The van der Waals surface area contributed by atoms with Crippen molar-refractivity contribution in [3.63, 3.8) is 0 Å². The van der Waals surface area contributed by atoms with Gasteiger partial charge in [-0.1, -0.05) is 12.1 Å². The normalized spacial score (nSPS) is 12.9. The second kappa shape index (κ2) is 3.70. The number of rotatable bonds is 2. The van der Waals surface area contributed by atoms with Crippen LogP contribution in [0.2, 0.25) is 0 Å². The lowest BCUT2D eigenvalue weighted by atomic mass is 10.0. The first-order valence-corrected chi connectivity index (χ1v) is 5.29. The van der Waals surface area contributed by atoms with Crippen molar-refractivity contribution in [2.24, 2.45) is 0 Å². The fourth-order valence-corrected chi connectivity index (χ4v) is 1.85. The highest BCUT2D eigenvalue weighted by atomic mass is 79.9. The van der Waals surface area contributed by atoms with Gasteiger partial charge in [-0.25, -0.2) is 0 Å². The Morgan fingerprint density at radius 2 is 2.20 bits per heavy atom. The van der Waals surface area contributed by atoms with E-state index in [1.165, 1.54) is 0 Å². The number of furan rings is 1. The van der Waals surface area contributed by atoms with Crippen LogP contribution in [0, 0.1) is 0 Å². The second-order valence-electron chi connectivity index (χ2n) is 3.41. The molecule has 2 rings (SSSR count). The molecule has 0 saturated carbocycles. The van der Waals surface area contributed by atoms with Gasteiger partial charge in [0.2, 0.25) is 0 Å². The summed E-state index contributed by atoms with van der Waals surface area (Å²) in [5, 5.41) is 9.83. The standard InChI is InChI=1S/C11H9BrO3/c1-6(11(13)14)7-2-3-8-5-10(12)15-9(8)4-7/h2-6H,1H3,(H,13,14). The molecule has 1 heterocycles. The van der Waals surface area contributed by atoms with E-state index in [2.05, 4.69) is 15.9 Å². The number of carbonyl (C=O) groups is 1. The maximum absolute atomic E-state index is 10.8. The molecule has 1 atom stereocenters. The van der Waals surface area contributed by atoms with Gasteiger partial charge in [-0.15, -0.1) is 0 Å². The number of aliphatic carboxylic acids is 1. The number of fused-ring (bicyclic) bond motifs is 1. The average Bonchev–Trinajstić information content (AvgIpc) is 2.55. The predicted molar refractivity (Wildman–Crippen MR) is 60.0 cm³/mol. The highest BCUT2D eigenvalue weighted by Gasteiger charge is 2.14. The highest BCUT2D eigenvalue weighted by Crippen LogP contribution is 2.26. The molecular formula is C11H9BrO3. The number of hydrogen-bond acceptors (Lipinski definition) is 2. The summed E-state index contributed by atoms with van der Waals surface area (Å²) < 4.78 is 6.01. The summed E-state index contributed by atoms with van der Waals surface area (Å²) >= 11 is 3.23. The number of benzene rings is 1. The van der Waals surface area contributed by atoms with Crippen LogP contribution in [0.25, 0.3) is 11.0 Å². The van der Waals surface area contributed by atoms with Crippen molar-refractivity contribution < 1.29 is 14.3 Å². The largest absolute Gasteiger partial charge is 0.481 e.